The Morgan fingerprint density at radius 3 is 2.50 bits per heavy atom. The van der Waals surface area contributed by atoms with Gasteiger partial charge in [-0.05, 0) is 32.4 Å². The van der Waals surface area contributed by atoms with Crippen LogP contribution in [0.5, 0.6) is 5.75 Å². The van der Waals surface area contributed by atoms with E-state index in [9.17, 15) is 9.59 Å². The quantitative estimate of drug-likeness (QED) is 0.773. The zero-order valence-electron chi connectivity index (χ0n) is 12.2. The fourth-order valence-corrected chi connectivity index (χ4v) is 1.64. The van der Waals surface area contributed by atoms with Crippen LogP contribution in [-0.4, -0.2) is 25.1 Å². The molecule has 1 aromatic carbocycles. The van der Waals surface area contributed by atoms with Gasteiger partial charge in [-0.1, -0.05) is 12.1 Å². The van der Waals surface area contributed by atoms with Crippen molar-refractivity contribution >= 4 is 11.9 Å². The molecule has 20 heavy (non-hydrogen) atoms. The molecule has 1 aromatic rings. The van der Waals surface area contributed by atoms with E-state index >= 15 is 0 Å². The van der Waals surface area contributed by atoms with Crippen LogP contribution in [0.15, 0.2) is 18.2 Å². The van der Waals surface area contributed by atoms with Crippen LogP contribution in [0.1, 0.15) is 31.0 Å². The number of nitrogens with one attached hydrogen (secondary N) is 2. The zero-order chi connectivity index (χ0) is 15.3. The Labute approximate surface area is 118 Å². The highest BCUT2D eigenvalue weighted by Gasteiger charge is 2.19. The number of imide groups is 1. The first-order valence-electron chi connectivity index (χ1n) is 6.40. The first kappa shape index (κ1) is 16.0. The number of ether oxygens (including phenoxy) is 1. The summed E-state index contributed by atoms with van der Waals surface area (Å²) < 4.78 is 5.62. The number of hydrogen-bond acceptors (Lipinski definition) is 4. The van der Waals surface area contributed by atoms with Gasteiger partial charge in [0.1, 0.15) is 5.75 Å². The lowest BCUT2D eigenvalue weighted by Crippen LogP contribution is -2.44. The topological polar surface area (TPSA) is 93.5 Å². The molecule has 0 heterocycles. The molecule has 0 saturated carbocycles. The summed E-state index contributed by atoms with van der Waals surface area (Å²) >= 11 is 0. The summed E-state index contributed by atoms with van der Waals surface area (Å²) in [6.45, 7) is 5.34. The van der Waals surface area contributed by atoms with Crippen LogP contribution in [0.3, 0.4) is 0 Å². The van der Waals surface area contributed by atoms with Gasteiger partial charge in [0.25, 0.3) is 5.91 Å². The van der Waals surface area contributed by atoms with Crippen LogP contribution in [0, 0.1) is 6.92 Å². The van der Waals surface area contributed by atoms with Crippen molar-refractivity contribution in [1.29, 1.82) is 0 Å². The van der Waals surface area contributed by atoms with E-state index in [4.69, 9.17) is 10.5 Å². The minimum atomic E-state index is -0.799. The molecule has 0 fully saturated rings. The molecule has 4 N–H and O–H groups in total. The molecule has 1 unspecified atom stereocenters. The molecule has 0 radical (unpaired) electrons. The lowest BCUT2D eigenvalue weighted by molar-refractivity contribution is -0.126. The second kappa shape index (κ2) is 6.91. The molecule has 0 saturated heterocycles. The Balaban J connectivity index is 2.84. The molecule has 0 aliphatic rings. The molecule has 6 heteroatoms. The lowest BCUT2D eigenvalue weighted by Gasteiger charge is -2.19. The predicted octanol–water partition coefficient (Wildman–Crippen LogP) is 1.24. The Morgan fingerprint density at radius 2 is 1.95 bits per heavy atom. The Bertz CT molecular complexity index is 500. The van der Waals surface area contributed by atoms with E-state index in [2.05, 4.69) is 10.6 Å². The average molecular weight is 279 g/mol. The molecule has 6 nitrogen and oxygen atoms in total. The highest BCUT2D eigenvalue weighted by Crippen LogP contribution is 2.26. The van der Waals surface area contributed by atoms with Crippen molar-refractivity contribution in [1.82, 2.24) is 10.6 Å². The Kier molecular flexibility index (Phi) is 5.52. The van der Waals surface area contributed by atoms with Gasteiger partial charge in [-0.2, -0.15) is 0 Å². The normalized spacial score (nSPS) is 13.2. The second-order valence-electron chi connectivity index (χ2n) is 4.66. The third kappa shape index (κ3) is 4.24. The number of benzene rings is 1. The van der Waals surface area contributed by atoms with Gasteiger partial charge in [0.15, 0.2) is 6.10 Å². The van der Waals surface area contributed by atoms with Crippen molar-refractivity contribution in [2.24, 2.45) is 5.73 Å². The molecule has 110 valence electrons. The fourth-order valence-electron chi connectivity index (χ4n) is 1.64. The molecular weight excluding hydrogens is 258 g/mol. The highest BCUT2D eigenvalue weighted by molar-refractivity contribution is 5.96. The summed E-state index contributed by atoms with van der Waals surface area (Å²) in [5.74, 6) is 0.0426. The number of carbonyl (C=O) groups is 2. The van der Waals surface area contributed by atoms with E-state index in [1.807, 2.05) is 32.0 Å². The first-order chi connectivity index (χ1) is 9.35. The molecule has 0 aliphatic heterocycles. The van der Waals surface area contributed by atoms with E-state index in [-0.39, 0.29) is 6.04 Å². The Morgan fingerprint density at radius 1 is 1.30 bits per heavy atom. The minimum absolute atomic E-state index is 0.209. The van der Waals surface area contributed by atoms with Gasteiger partial charge in [-0.3, -0.25) is 10.1 Å². The van der Waals surface area contributed by atoms with Gasteiger partial charge < -0.3 is 15.8 Å². The maximum atomic E-state index is 11.8. The predicted molar refractivity (Wildman–Crippen MR) is 76.5 cm³/mol. The van der Waals surface area contributed by atoms with Crippen LogP contribution in [-0.2, 0) is 4.79 Å². The summed E-state index contributed by atoms with van der Waals surface area (Å²) in [5, 5.41) is 4.47. The molecule has 1 rings (SSSR count). The van der Waals surface area contributed by atoms with Crippen molar-refractivity contribution < 1.29 is 14.3 Å². The smallest absolute Gasteiger partial charge is 0.321 e. The van der Waals surface area contributed by atoms with Gasteiger partial charge in [0.2, 0.25) is 0 Å². The average Bonchev–Trinajstić information content (AvgIpc) is 2.38. The van der Waals surface area contributed by atoms with E-state index < -0.39 is 18.0 Å². The van der Waals surface area contributed by atoms with Crippen LogP contribution in [0.2, 0.25) is 0 Å². The molecule has 2 atom stereocenters. The van der Waals surface area contributed by atoms with Gasteiger partial charge in [0, 0.05) is 18.7 Å². The van der Waals surface area contributed by atoms with Crippen molar-refractivity contribution in [2.75, 3.05) is 7.05 Å². The summed E-state index contributed by atoms with van der Waals surface area (Å²) in [5.41, 5.74) is 7.69. The lowest BCUT2D eigenvalue weighted by atomic mass is 10.1. The van der Waals surface area contributed by atoms with Gasteiger partial charge >= 0.3 is 6.03 Å². The van der Waals surface area contributed by atoms with E-state index in [0.717, 1.165) is 11.1 Å². The monoisotopic (exact) mass is 279 g/mol. The zero-order valence-corrected chi connectivity index (χ0v) is 12.2. The number of amides is 3. The maximum Gasteiger partial charge on any atom is 0.321 e. The summed E-state index contributed by atoms with van der Waals surface area (Å²) in [6.07, 6.45) is -0.799. The van der Waals surface area contributed by atoms with Gasteiger partial charge in [-0.15, -0.1) is 0 Å². The first-order valence-corrected chi connectivity index (χ1v) is 6.40. The fraction of sp³-hybridized carbons (Fsp3) is 0.429. The maximum absolute atomic E-state index is 11.8. The van der Waals surface area contributed by atoms with Crippen LogP contribution >= 0.6 is 0 Å². The van der Waals surface area contributed by atoms with Crippen LogP contribution < -0.4 is 21.1 Å². The van der Waals surface area contributed by atoms with E-state index in [1.165, 1.54) is 7.05 Å². The van der Waals surface area contributed by atoms with Gasteiger partial charge in [0.05, 0.1) is 0 Å². The van der Waals surface area contributed by atoms with Crippen molar-refractivity contribution in [3.8, 4) is 5.75 Å². The number of hydrogen-bond donors (Lipinski definition) is 3. The number of aryl methyl sites for hydroxylation is 1. The third-order valence-electron chi connectivity index (χ3n) is 2.80. The van der Waals surface area contributed by atoms with Crippen LogP contribution in [0.4, 0.5) is 4.79 Å². The van der Waals surface area contributed by atoms with E-state index in [1.54, 1.807) is 6.92 Å². The number of rotatable bonds is 4. The standard InChI is InChI=1S/C14H21N3O3/c1-8-5-6-11(9(2)15)12(7-8)20-10(3)13(18)17-14(19)16-4/h5-7,9-10H,15H2,1-4H3,(H2,16,17,18,19)/t9-,10?/m1/s1. The molecule has 0 bridgehead atoms. The number of urea groups is 1. The largest absolute Gasteiger partial charge is 0.481 e. The van der Waals surface area contributed by atoms with Gasteiger partial charge in [-0.25, -0.2) is 4.79 Å². The molecular formula is C14H21N3O3. The number of carbonyl (C=O) groups excluding carboxylic acids is 2. The molecule has 3 amide bonds. The third-order valence-corrected chi connectivity index (χ3v) is 2.80. The van der Waals surface area contributed by atoms with Crippen molar-refractivity contribution in [2.45, 2.75) is 32.9 Å². The second-order valence-corrected chi connectivity index (χ2v) is 4.66. The van der Waals surface area contributed by atoms with Crippen LogP contribution in [0.25, 0.3) is 0 Å². The highest BCUT2D eigenvalue weighted by atomic mass is 16.5. The Hall–Kier alpha value is -2.08. The van der Waals surface area contributed by atoms with E-state index in [0.29, 0.717) is 5.75 Å². The molecule has 0 aromatic heterocycles. The SMILES string of the molecule is CNC(=O)NC(=O)C(C)Oc1cc(C)ccc1[C@@H](C)N. The van der Waals surface area contributed by atoms with Crippen molar-refractivity contribution in [3.63, 3.8) is 0 Å². The minimum Gasteiger partial charge on any atom is -0.481 e. The summed E-state index contributed by atoms with van der Waals surface area (Å²) in [6, 6.07) is 4.85. The van der Waals surface area contributed by atoms with Crippen molar-refractivity contribution in [3.05, 3.63) is 29.3 Å². The molecule has 0 aliphatic carbocycles. The summed E-state index contributed by atoms with van der Waals surface area (Å²) in [7, 11) is 1.43. The summed E-state index contributed by atoms with van der Waals surface area (Å²) in [4.78, 5) is 22.8. The number of nitrogens with two attached hydrogens (primary N) is 1. The molecule has 0 spiro atoms.